The molecule has 0 spiro atoms. The molecule has 1 fully saturated rings. The van der Waals surface area contributed by atoms with Crippen molar-refractivity contribution in [1.82, 2.24) is 5.43 Å². The van der Waals surface area contributed by atoms with Gasteiger partial charge >= 0.3 is 0 Å². The molecule has 0 aromatic carbocycles. The Kier molecular flexibility index (Phi) is 11.3. The summed E-state index contributed by atoms with van der Waals surface area (Å²) in [6.07, 6.45) is 16.2. The third kappa shape index (κ3) is 8.23. The fourth-order valence-corrected chi connectivity index (χ4v) is 3.21. The Hall–Kier alpha value is -0.120. The molecule has 1 rings (SSSR count). The third-order valence-electron chi connectivity index (χ3n) is 4.60. The van der Waals surface area contributed by atoms with Crippen LogP contribution in [0.25, 0.3) is 0 Å². The maximum absolute atomic E-state index is 5.71. The molecule has 120 valence electrons. The van der Waals surface area contributed by atoms with E-state index in [9.17, 15) is 0 Å². The fourth-order valence-electron chi connectivity index (χ4n) is 3.21. The quantitative estimate of drug-likeness (QED) is 0.321. The lowest BCUT2D eigenvalue weighted by atomic mass is 9.90. The van der Waals surface area contributed by atoms with Gasteiger partial charge in [0.25, 0.3) is 0 Å². The predicted molar refractivity (Wildman–Crippen MR) is 86.5 cm³/mol. The standard InChI is InChI=1S/C17H36N2O/c1-2-3-4-5-6-7-8-9-10-13-17(19-18)16-12-11-14-20-15-16/h16-17,19H,2-15,18H2,1H3. The van der Waals surface area contributed by atoms with E-state index in [1.165, 1.54) is 77.0 Å². The summed E-state index contributed by atoms with van der Waals surface area (Å²) in [6, 6.07) is 0.458. The summed E-state index contributed by atoms with van der Waals surface area (Å²) < 4.78 is 5.56. The van der Waals surface area contributed by atoms with E-state index in [-0.39, 0.29) is 0 Å². The van der Waals surface area contributed by atoms with Crippen molar-refractivity contribution < 1.29 is 4.74 Å². The Balaban J connectivity index is 1.93. The van der Waals surface area contributed by atoms with E-state index in [0.29, 0.717) is 12.0 Å². The first kappa shape index (κ1) is 17.9. The molecule has 1 heterocycles. The van der Waals surface area contributed by atoms with E-state index in [1.807, 2.05) is 0 Å². The van der Waals surface area contributed by atoms with Crippen LogP contribution in [0.4, 0.5) is 0 Å². The number of unbranched alkanes of at least 4 members (excludes halogenated alkanes) is 8. The zero-order valence-electron chi connectivity index (χ0n) is 13.5. The molecule has 0 aliphatic carbocycles. The smallest absolute Gasteiger partial charge is 0.0509 e. The Labute approximate surface area is 126 Å². The fraction of sp³-hybridized carbons (Fsp3) is 1.00. The molecule has 20 heavy (non-hydrogen) atoms. The van der Waals surface area contributed by atoms with Crippen molar-refractivity contribution in [1.29, 1.82) is 0 Å². The summed E-state index contributed by atoms with van der Waals surface area (Å²) in [5, 5.41) is 0. The molecule has 0 aromatic heterocycles. The van der Waals surface area contributed by atoms with Gasteiger partial charge in [0, 0.05) is 12.6 Å². The van der Waals surface area contributed by atoms with Gasteiger partial charge in [-0.2, -0.15) is 0 Å². The number of hydrogen-bond donors (Lipinski definition) is 2. The molecule has 3 nitrogen and oxygen atoms in total. The average molecular weight is 284 g/mol. The monoisotopic (exact) mass is 284 g/mol. The number of hydrazine groups is 1. The molecule has 1 aliphatic rings. The van der Waals surface area contributed by atoms with Gasteiger partial charge in [-0.3, -0.25) is 11.3 Å². The van der Waals surface area contributed by atoms with Crippen molar-refractivity contribution >= 4 is 0 Å². The highest BCUT2D eigenvalue weighted by atomic mass is 16.5. The zero-order chi connectivity index (χ0) is 14.5. The van der Waals surface area contributed by atoms with Crippen LogP contribution in [0.5, 0.6) is 0 Å². The average Bonchev–Trinajstić information content (AvgIpc) is 2.50. The molecule has 0 radical (unpaired) electrons. The molecular weight excluding hydrogens is 248 g/mol. The van der Waals surface area contributed by atoms with Gasteiger partial charge in [0.2, 0.25) is 0 Å². The van der Waals surface area contributed by atoms with Crippen molar-refractivity contribution in [2.75, 3.05) is 13.2 Å². The normalized spacial score (nSPS) is 21.0. The molecule has 1 aliphatic heterocycles. The molecule has 3 N–H and O–H groups in total. The molecule has 1 saturated heterocycles. The lowest BCUT2D eigenvalue weighted by Crippen LogP contribution is -2.43. The molecule has 0 amide bonds. The van der Waals surface area contributed by atoms with E-state index in [2.05, 4.69) is 12.3 Å². The van der Waals surface area contributed by atoms with Crippen LogP contribution in [-0.2, 0) is 4.74 Å². The van der Waals surface area contributed by atoms with Crippen molar-refractivity contribution in [3.8, 4) is 0 Å². The second-order valence-electron chi connectivity index (χ2n) is 6.37. The van der Waals surface area contributed by atoms with Crippen LogP contribution < -0.4 is 11.3 Å². The minimum absolute atomic E-state index is 0.458. The number of nitrogens with one attached hydrogen (secondary N) is 1. The van der Waals surface area contributed by atoms with Crippen LogP contribution >= 0.6 is 0 Å². The molecular formula is C17H36N2O. The first-order valence-corrected chi connectivity index (χ1v) is 8.92. The van der Waals surface area contributed by atoms with Gasteiger partial charge in [0.15, 0.2) is 0 Å². The highest BCUT2D eigenvalue weighted by molar-refractivity contribution is 4.76. The van der Waals surface area contributed by atoms with E-state index in [1.54, 1.807) is 0 Å². The second-order valence-corrected chi connectivity index (χ2v) is 6.37. The Bertz CT molecular complexity index is 205. The summed E-state index contributed by atoms with van der Waals surface area (Å²) in [7, 11) is 0. The Morgan fingerprint density at radius 1 is 1.05 bits per heavy atom. The first-order valence-electron chi connectivity index (χ1n) is 8.92. The van der Waals surface area contributed by atoms with Crippen molar-refractivity contribution in [2.45, 2.75) is 90.0 Å². The molecule has 3 heteroatoms. The van der Waals surface area contributed by atoms with Crippen LogP contribution in [0, 0.1) is 5.92 Å². The van der Waals surface area contributed by atoms with Gasteiger partial charge in [-0.05, 0) is 25.2 Å². The van der Waals surface area contributed by atoms with E-state index < -0.39 is 0 Å². The van der Waals surface area contributed by atoms with Crippen molar-refractivity contribution in [3.05, 3.63) is 0 Å². The molecule has 2 unspecified atom stereocenters. The SMILES string of the molecule is CCCCCCCCCCCC(NN)C1CCCOC1. The summed E-state index contributed by atoms with van der Waals surface area (Å²) in [5.41, 5.74) is 3.02. The number of nitrogens with two attached hydrogens (primary N) is 1. The van der Waals surface area contributed by atoms with Crippen LogP contribution in [0.3, 0.4) is 0 Å². The summed E-state index contributed by atoms with van der Waals surface area (Å²) in [6.45, 7) is 4.11. The Morgan fingerprint density at radius 3 is 2.25 bits per heavy atom. The lowest BCUT2D eigenvalue weighted by Gasteiger charge is -2.29. The minimum Gasteiger partial charge on any atom is -0.381 e. The maximum atomic E-state index is 5.71. The Morgan fingerprint density at radius 2 is 1.70 bits per heavy atom. The zero-order valence-corrected chi connectivity index (χ0v) is 13.5. The number of hydrogen-bond acceptors (Lipinski definition) is 3. The van der Waals surface area contributed by atoms with E-state index in [0.717, 1.165) is 13.2 Å². The number of rotatable bonds is 12. The highest BCUT2D eigenvalue weighted by Gasteiger charge is 2.22. The summed E-state index contributed by atoms with van der Waals surface area (Å²) in [4.78, 5) is 0. The number of ether oxygens (including phenoxy) is 1. The third-order valence-corrected chi connectivity index (χ3v) is 4.60. The topological polar surface area (TPSA) is 47.3 Å². The second kappa shape index (κ2) is 12.6. The van der Waals surface area contributed by atoms with Crippen molar-refractivity contribution in [2.24, 2.45) is 11.8 Å². The first-order chi connectivity index (χ1) is 9.88. The lowest BCUT2D eigenvalue weighted by molar-refractivity contribution is 0.0375. The van der Waals surface area contributed by atoms with Gasteiger partial charge in [-0.15, -0.1) is 0 Å². The molecule has 0 bridgehead atoms. The van der Waals surface area contributed by atoms with Crippen LogP contribution in [0.2, 0.25) is 0 Å². The van der Waals surface area contributed by atoms with E-state index in [4.69, 9.17) is 10.6 Å². The van der Waals surface area contributed by atoms with Gasteiger partial charge in [0.05, 0.1) is 6.61 Å². The highest BCUT2D eigenvalue weighted by Crippen LogP contribution is 2.21. The maximum Gasteiger partial charge on any atom is 0.0509 e. The van der Waals surface area contributed by atoms with Crippen LogP contribution in [0.1, 0.15) is 84.0 Å². The van der Waals surface area contributed by atoms with E-state index >= 15 is 0 Å². The van der Waals surface area contributed by atoms with Gasteiger partial charge in [-0.25, -0.2) is 0 Å². The largest absolute Gasteiger partial charge is 0.381 e. The summed E-state index contributed by atoms with van der Waals surface area (Å²) in [5.74, 6) is 6.33. The molecule has 2 atom stereocenters. The summed E-state index contributed by atoms with van der Waals surface area (Å²) >= 11 is 0. The molecule has 0 aromatic rings. The predicted octanol–water partition coefficient (Wildman–Crippen LogP) is 4.17. The minimum atomic E-state index is 0.458. The van der Waals surface area contributed by atoms with Gasteiger partial charge in [0.1, 0.15) is 0 Å². The van der Waals surface area contributed by atoms with Crippen LogP contribution in [0.15, 0.2) is 0 Å². The van der Waals surface area contributed by atoms with Gasteiger partial charge < -0.3 is 4.74 Å². The van der Waals surface area contributed by atoms with Gasteiger partial charge in [-0.1, -0.05) is 64.7 Å². The molecule has 0 saturated carbocycles. The van der Waals surface area contributed by atoms with Crippen LogP contribution in [-0.4, -0.2) is 19.3 Å². The van der Waals surface area contributed by atoms with Crippen molar-refractivity contribution in [3.63, 3.8) is 0 Å².